The van der Waals surface area contributed by atoms with Gasteiger partial charge >= 0.3 is 12.7 Å². The van der Waals surface area contributed by atoms with Crippen molar-refractivity contribution in [3.8, 4) is 17.2 Å². The first-order valence-corrected chi connectivity index (χ1v) is 6.11. The van der Waals surface area contributed by atoms with E-state index in [2.05, 4.69) is 9.47 Å². The van der Waals surface area contributed by atoms with Crippen LogP contribution in [0.1, 0.15) is 0 Å². The van der Waals surface area contributed by atoms with Gasteiger partial charge in [0.05, 0.1) is 0 Å². The highest BCUT2D eigenvalue weighted by Crippen LogP contribution is 2.24. The van der Waals surface area contributed by atoms with Crippen molar-refractivity contribution in [2.75, 3.05) is 5.73 Å². The molecule has 0 aliphatic heterocycles. The number of nitrogen functional groups attached to an aromatic ring is 1. The Morgan fingerprint density at radius 2 is 1.00 bits per heavy atom. The minimum Gasteiger partial charge on any atom is -0.508 e. The Bertz CT molecular complexity index is 565. The van der Waals surface area contributed by atoms with Crippen LogP contribution in [0.2, 0.25) is 0 Å². The second-order valence-electron chi connectivity index (χ2n) is 4.16. The maximum absolute atomic E-state index is 11.6. The molecule has 3 N–H and O–H groups in total. The Kier molecular flexibility index (Phi) is 6.15. The summed E-state index contributed by atoms with van der Waals surface area (Å²) in [6, 6.07) is 9.27. The van der Waals surface area contributed by atoms with Crippen molar-refractivity contribution in [1.82, 2.24) is 0 Å². The number of phenols is 1. The Hall–Kier alpha value is -2.78. The number of ether oxygens (including phenoxy) is 2. The number of anilines is 1. The van der Waals surface area contributed by atoms with Crippen molar-refractivity contribution in [1.29, 1.82) is 0 Å². The van der Waals surface area contributed by atoms with E-state index in [4.69, 9.17) is 10.8 Å². The molecule has 2 aromatic carbocycles. The number of rotatable bonds is 2. The molecule has 0 atom stereocenters. The molecular weight excluding hydrogens is 344 g/mol. The lowest BCUT2D eigenvalue weighted by Crippen LogP contribution is -2.16. The summed E-state index contributed by atoms with van der Waals surface area (Å²) in [5.41, 5.74) is 5.65. The summed E-state index contributed by atoms with van der Waals surface area (Å²) in [5.74, 6) is -0.721. The van der Waals surface area contributed by atoms with Gasteiger partial charge in [-0.1, -0.05) is 0 Å². The molecule has 0 aliphatic carbocycles. The molecule has 2 aromatic rings. The van der Waals surface area contributed by atoms with E-state index in [0.717, 1.165) is 36.4 Å². The van der Waals surface area contributed by atoms with E-state index < -0.39 is 12.7 Å². The number of hydrogen-bond acceptors (Lipinski definition) is 4. The zero-order valence-electron chi connectivity index (χ0n) is 11.7. The summed E-state index contributed by atoms with van der Waals surface area (Å²) in [4.78, 5) is 0. The number of halogens is 6. The molecule has 0 spiro atoms. The van der Waals surface area contributed by atoms with Crippen LogP contribution in [0.25, 0.3) is 0 Å². The van der Waals surface area contributed by atoms with Crippen molar-refractivity contribution in [3.05, 3.63) is 48.5 Å². The van der Waals surface area contributed by atoms with Gasteiger partial charge in [0.2, 0.25) is 0 Å². The third-order valence-corrected chi connectivity index (χ3v) is 2.18. The summed E-state index contributed by atoms with van der Waals surface area (Å²) < 4.78 is 76.6. The second-order valence-corrected chi connectivity index (χ2v) is 4.16. The standard InChI is InChI=1S/C7H6F3NO.C7H5F3O2/c2*8-7(9,10)12-6-3-1-5(11)2-4-6/h1-4H,11H2;1-4,11H. The summed E-state index contributed by atoms with van der Waals surface area (Å²) in [6.07, 6.45) is -9.33. The van der Waals surface area contributed by atoms with Gasteiger partial charge in [-0.15, -0.1) is 26.3 Å². The van der Waals surface area contributed by atoms with E-state index in [1.807, 2.05) is 0 Å². The van der Waals surface area contributed by atoms with Crippen LogP contribution in [0.4, 0.5) is 32.0 Å². The van der Waals surface area contributed by atoms with Crippen LogP contribution in [0, 0.1) is 0 Å². The molecule has 0 amide bonds. The fraction of sp³-hybridized carbons (Fsp3) is 0.143. The van der Waals surface area contributed by atoms with Gasteiger partial charge in [0.1, 0.15) is 17.2 Å². The molecular formula is C14H11F6NO3. The smallest absolute Gasteiger partial charge is 0.508 e. The predicted octanol–water partition coefficient (Wildman–Crippen LogP) is 4.46. The third kappa shape index (κ3) is 8.61. The third-order valence-electron chi connectivity index (χ3n) is 2.18. The zero-order valence-corrected chi connectivity index (χ0v) is 11.7. The molecule has 0 saturated heterocycles. The van der Waals surface area contributed by atoms with Crippen LogP contribution < -0.4 is 15.2 Å². The summed E-state index contributed by atoms with van der Waals surface area (Å²) in [7, 11) is 0. The van der Waals surface area contributed by atoms with Gasteiger partial charge in [-0.3, -0.25) is 0 Å². The van der Waals surface area contributed by atoms with Crippen LogP contribution in [-0.4, -0.2) is 17.8 Å². The van der Waals surface area contributed by atoms with Crippen molar-refractivity contribution in [2.24, 2.45) is 0 Å². The molecule has 0 aromatic heterocycles. The lowest BCUT2D eigenvalue weighted by molar-refractivity contribution is -0.275. The van der Waals surface area contributed by atoms with Crippen LogP contribution in [0.15, 0.2) is 48.5 Å². The monoisotopic (exact) mass is 355 g/mol. The summed E-state index contributed by atoms with van der Waals surface area (Å²) in [5, 5.41) is 8.72. The van der Waals surface area contributed by atoms with E-state index in [-0.39, 0.29) is 17.2 Å². The lowest BCUT2D eigenvalue weighted by atomic mass is 10.3. The topological polar surface area (TPSA) is 64.7 Å². The Morgan fingerprint density at radius 3 is 1.33 bits per heavy atom. The van der Waals surface area contributed by atoms with Crippen LogP contribution >= 0.6 is 0 Å². The SMILES string of the molecule is Nc1ccc(OC(F)(F)F)cc1.Oc1ccc(OC(F)(F)F)cc1. The second kappa shape index (κ2) is 7.66. The summed E-state index contributed by atoms with van der Waals surface area (Å²) >= 11 is 0. The molecule has 24 heavy (non-hydrogen) atoms. The predicted molar refractivity (Wildman–Crippen MR) is 72.3 cm³/mol. The average molecular weight is 355 g/mol. The van der Waals surface area contributed by atoms with Gasteiger partial charge in [-0.25, -0.2) is 0 Å². The van der Waals surface area contributed by atoms with Gasteiger partial charge in [0.25, 0.3) is 0 Å². The van der Waals surface area contributed by atoms with E-state index in [1.54, 1.807) is 0 Å². The number of benzene rings is 2. The maximum atomic E-state index is 11.6. The minimum absolute atomic E-state index is 0.107. The van der Waals surface area contributed by atoms with Gasteiger partial charge < -0.3 is 20.3 Å². The average Bonchev–Trinajstić information content (AvgIpc) is 2.42. The number of nitrogens with two attached hydrogens (primary N) is 1. The Labute approximate surface area is 132 Å². The van der Waals surface area contributed by atoms with Crippen molar-refractivity contribution in [3.63, 3.8) is 0 Å². The first-order chi connectivity index (χ1) is 10.9. The van der Waals surface area contributed by atoms with Crippen LogP contribution in [-0.2, 0) is 0 Å². The highest BCUT2D eigenvalue weighted by atomic mass is 19.4. The molecule has 0 radical (unpaired) electrons. The highest BCUT2D eigenvalue weighted by Gasteiger charge is 2.31. The molecule has 0 aliphatic rings. The minimum atomic E-state index is -4.68. The largest absolute Gasteiger partial charge is 0.573 e. The number of phenolic OH excluding ortho intramolecular Hbond substituents is 1. The van der Waals surface area contributed by atoms with Crippen molar-refractivity contribution >= 4 is 5.69 Å². The highest BCUT2D eigenvalue weighted by molar-refractivity contribution is 5.41. The molecule has 0 bridgehead atoms. The van der Waals surface area contributed by atoms with Crippen molar-refractivity contribution in [2.45, 2.75) is 12.7 Å². The first kappa shape index (κ1) is 19.3. The molecule has 2 rings (SSSR count). The fourth-order valence-corrected chi connectivity index (χ4v) is 1.32. The number of aromatic hydroxyl groups is 1. The Morgan fingerprint density at radius 1 is 0.667 bits per heavy atom. The maximum Gasteiger partial charge on any atom is 0.573 e. The van der Waals surface area contributed by atoms with Gasteiger partial charge in [0, 0.05) is 5.69 Å². The van der Waals surface area contributed by atoms with Gasteiger partial charge in [-0.2, -0.15) is 0 Å². The van der Waals surface area contributed by atoms with Crippen LogP contribution in [0.5, 0.6) is 17.2 Å². The molecule has 0 heterocycles. The normalized spacial score (nSPS) is 11.2. The molecule has 10 heteroatoms. The zero-order chi connectivity index (χ0) is 18.4. The molecule has 4 nitrogen and oxygen atoms in total. The quantitative estimate of drug-likeness (QED) is 0.617. The van der Waals surface area contributed by atoms with Gasteiger partial charge in [0.15, 0.2) is 0 Å². The fourth-order valence-electron chi connectivity index (χ4n) is 1.32. The van der Waals surface area contributed by atoms with Crippen molar-refractivity contribution < 1.29 is 40.9 Å². The van der Waals surface area contributed by atoms with Gasteiger partial charge in [-0.05, 0) is 48.5 Å². The number of hydrogen-bond donors (Lipinski definition) is 2. The number of alkyl halides is 6. The van der Waals surface area contributed by atoms with E-state index in [9.17, 15) is 26.3 Å². The molecule has 132 valence electrons. The van der Waals surface area contributed by atoms with E-state index in [1.165, 1.54) is 12.1 Å². The molecule has 0 unspecified atom stereocenters. The van der Waals surface area contributed by atoms with E-state index >= 15 is 0 Å². The van der Waals surface area contributed by atoms with Crippen LogP contribution in [0.3, 0.4) is 0 Å². The summed E-state index contributed by atoms with van der Waals surface area (Å²) in [6.45, 7) is 0. The lowest BCUT2D eigenvalue weighted by Gasteiger charge is -2.07. The molecule has 0 saturated carbocycles. The van der Waals surface area contributed by atoms with E-state index in [0.29, 0.717) is 5.69 Å². The first-order valence-electron chi connectivity index (χ1n) is 6.11. The molecule has 0 fully saturated rings. The Balaban J connectivity index is 0.000000240.